The fraction of sp³-hybridized carbons (Fsp3) is 0.478. The second-order valence-corrected chi connectivity index (χ2v) is 7.78. The quantitative estimate of drug-likeness (QED) is 0.584. The number of nitrogens with zero attached hydrogens (tertiary/aromatic N) is 3. The van der Waals surface area contributed by atoms with E-state index in [2.05, 4.69) is 26.9 Å². The minimum absolute atomic E-state index is 0.0290. The number of pyridine rings is 1. The highest BCUT2D eigenvalue weighted by atomic mass is 16.5. The molecule has 7 nitrogen and oxygen atoms in total. The Morgan fingerprint density at radius 1 is 1.30 bits per heavy atom. The van der Waals surface area contributed by atoms with Crippen molar-refractivity contribution < 1.29 is 4.74 Å². The molecule has 3 heterocycles. The molecule has 0 atom stereocenters. The maximum absolute atomic E-state index is 13.3. The number of methoxy groups -OCH3 is 1. The Morgan fingerprint density at radius 3 is 2.90 bits per heavy atom. The molecular formula is C23H29N5O2. The number of ether oxygens (including phenoxy) is 1. The summed E-state index contributed by atoms with van der Waals surface area (Å²) in [6.07, 6.45) is 3.88. The van der Waals surface area contributed by atoms with Gasteiger partial charge in [0.05, 0.1) is 29.7 Å². The normalized spacial score (nSPS) is 14.5. The van der Waals surface area contributed by atoms with Crippen molar-refractivity contribution in [3.05, 3.63) is 39.8 Å². The van der Waals surface area contributed by atoms with Crippen molar-refractivity contribution in [2.24, 2.45) is 5.73 Å². The first-order valence-corrected chi connectivity index (χ1v) is 10.7. The summed E-state index contributed by atoms with van der Waals surface area (Å²) in [7, 11) is 1.65. The third-order valence-corrected chi connectivity index (χ3v) is 5.72. The van der Waals surface area contributed by atoms with Crippen molar-refractivity contribution in [2.45, 2.75) is 32.2 Å². The average Bonchev–Trinajstić information content (AvgIpc) is 3.42. The van der Waals surface area contributed by atoms with Crippen LogP contribution in [0.2, 0.25) is 0 Å². The van der Waals surface area contributed by atoms with Crippen LogP contribution in [0.4, 0.5) is 0 Å². The largest absolute Gasteiger partial charge is 0.384 e. The molecule has 0 radical (unpaired) electrons. The minimum atomic E-state index is -0.0290. The van der Waals surface area contributed by atoms with E-state index in [0.717, 1.165) is 48.2 Å². The molecule has 1 aliphatic rings. The molecule has 1 aromatic carbocycles. The number of hydrogen-bond acceptors (Lipinski definition) is 5. The molecule has 0 spiro atoms. The number of fused-ring (bicyclic) bond motifs is 3. The van der Waals surface area contributed by atoms with Gasteiger partial charge in [0.25, 0.3) is 5.56 Å². The Hall–Kier alpha value is -2.66. The Morgan fingerprint density at radius 2 is 2.13 bits per heavy atom. The number of nitrogens with one attached hydrogen (secondary N) is 1. The molecule has 3 aromatic rings. The summed E-state index contributed by atoms with van der Waals surface area (Å²) >= 11 is 0. The average molecular weight is 408 g/mol. The molecule has 158 valence electrons. The summed E-state index contributed by atoms with van der Waals surface area (Å²) in [6, 6.07) is 6.02. The Balaban J connectivity index is 1.79. The van der Waals surface area contributed by atoms with E-state index in [1.54, 1.807) is 7.11 Å². The number of rotatable bonds is 7. The van der Waals surface area contributed by atoms with Gasteiger partial charge in [0, 0.05) is 31.0 Å². The van der Waals surface area contributed by atoms with Crippen LogP contribution in [-0.4, -0.2) is 59.6 Å². The lowest BCUT2D eigenvalue weighted by atomic mass is 10.1. The monoisotopic (exact) mass is 407 g/mol. The highest BCUT2D eigenvalue weighted by molar-refractivity contribution is 6.04. The predicted molar refractivity (Wildman–Crippen MR) is 120 cm³/mol. The Bertz CT molecular complexity index is 1150. The molecule has 0 unspecified atom stereocenters. The van der Waals surface area contributed by atoms with Crippen molar-refractivity contribution in [1.82, 2.24) is 19.7 Å². The number of aromatic amines is 1. The maximum atomic E-state index is 13.3. The first-order chi connectivity index (χ1) is 14.7. The van der Waals surface area contributed by atoms with E-state index < -0.39 is 0 Å². The van der Waals surface area contributed by atoms with Gasteiger partial charge in [0.1, 0.15) is 5.52 Å². The number of aryl methyl sites for hydroxylation is 1. The highest BCUT2D eigenvalue weighted by Crippen LogP contribution is 2.24. The van der Waals surface area contributed by atoms with Crippen LogP contribution in [0, 0.1) is 11.8 Å². The summed E-state index contributed by atoms with van der Waals surface area (Å²) in [5.74, 6) is 6.59. The van der Waals surface area contributed by atoms with Crippen LogP contribution in [0.25, 0.3) is 21.8 Å². The lowest BCUT2D eigenvalue weighted by Gasteiger charge is -2.11. The smallest absolute Gasteiger partial charge is 0.262 e. The lowest BCUT2D eigenvalue weighted by molar-refractivity contribution is 0.201. The molecule has 1 fully saturated rings. The maximum Gasteiger partial charge on any atom is 0.262 e. The molecular weight excluding hydrogens is 378 g/mol. The number of benzene rings is 1. The van der Waals surface area contributed by atoms with Crippen LogP contribution in [0.3, 0.4) is 0 Å². The Labute approximate surface area is 176 Å². The van der Waals surface area contributed by atoms with Crippen LogP contribution in [-0.2, 0) is 17.7 Å². The van der Waals surface area contributed by atoms with Gasteiger partial charge in [-0.05, 0) is 57.1 Å². The van der Waals surface area contributed by atoms with Gasteiger partial charge >= 0.3 is 0 Å². The van der Waals surface area contributed by atoms with Gasteiger partial charge in [-0.15, -0.1) is 0 Å². The highest BCUT2D eigenvalue weighted by Gasteiger charge is 2.17. The van der Waals surface area contributed by atoms with Crippen molar-refractivity contribution in [3.63, 3.8) is 0 Å². The number of H-pyrrole nitrogens is 1. The molecule has 2 aromatic heterocycles. The van der Waals surface area contributed by atoms with Gasteiger partial charge in [-0.2, -0.15) is 5.10 Å². The zero-order valence-electron chi connectivity index (χ0n) is 17.5. The summed E-state index contributed by atoms with van der Waals surface area (Å²) in [6.45, 7) is 4.72. The summed E-state index contributed by atoms with van der Waals surface area (Å²) in [5, 5.41) is 9.12. The SMILES string of the molecule is COCCc1[nH]nc2c1c(=O)n(CCCN)c1ccc(C#CCN3CCCC3)cc21. The molecule has 7 heteroatoms. The van der Waals surface area contributed by atoms with Crippen molar-refractivity contribution in [2.75, 3.05) is 39.9 Å². The topological polar surface area (TPSA) is 89.2 Å². The molecule has 1 aliphatic heterocycles. The summed E-state index contributed by atoms with van der Waals surface area (Å²) in [4.78, 5) is 15.7. The fourth-order valence-corrected chi connectivity index (χ4v) is 4.14. The lowest BCUT2D eigenvalue weighted by Crippen LogP contribution is -2.23. The third kappa shape index (κ3) is 4.12. The van der Waals surface area contributed by atoms with Gasteiger partial charge in [0.2, 0.25) is 0 Å². The van der Waals surface area contributed by atoms with Crippen LogP contribution >= 0.6 is 0 Å². The Kier molecular flexibility index (Phi) is 6.48. The summed E-state index contributed by atoms with van der Waals surface area (Å²) < 4.78 is 7.01. The van der Waals surface area contributed by atoms with Crippen molar-refractivity contribution >= 4 is 21.8 Å². The van der Waals surface area contributed by atoms with E-state index in [0.29, 0.717) is 37.0 Å². The molecule has 4 rings (SSSR count). The molecule has 30 heavy (non-hydrogen) atoms. The van der Waals surface area contributed by atoms with E-state index in [1.807, 2.05) is 22.8 Å². The van der Waals surface area contributed by atoms with E-state index in [9.17, 15) is 4.79 Å². The van der Waals surface area contributed by atoms with Crippen LogP contribution in [0.15, 0.2) is 23.0 Å². The van der Waals surface area contributed by atoms with E-state index in [4.69, 9.17) is 10.5 Å². The number of hydrogen-bond donors (Lipinski definition) is 2. The van der Waals surface area contributed by atoms with Crippen LogP contribution < -0.4 is 11.3 Å². The van der Waals surface area contributed by atoms with Crippen molar-refractivity contribution in [1.29, 1.82) is 0 Å². The van der Waals surface area contributed by atoms with E-state index in [-0.39, 0.29) is 5.56 Å². The van der Waals surface area contributed by atoms with Gasteiger partial charge in [-0.3, -0.25) is 14.8 Å². The molecule has 3 N–H and O–H groups in total. The van der Waals surface area contributed by atoms with Gasteiger partial charge < -0.3 is 15.0 Å². The molecule has 0 saturated carbocycles. The molecule has 0 amide bonds. The zero-order chi connectivity index (χ0) is 20.9. The van der Waals surface area contributed by atoms with E-state index in [1.165, 1.54) is 12.8 Å². The standard InChI is InChI=1S/C23H29N5O2/c1-30-15-9-19-21-22(26-25-19)18-16-17(6-4-13-27-11-2-3-12-27)7-8-20(18)28(23(21)29)14-5-10-24/h7-8,16H,2-3,5,9-15,24H2,1H3,(H,25,26). The molecule has 0 aliphatic carbocycles. The van der Waals surface area contributed by atoms with Crippen molar-refractivity contribution in [3.8, 4) is 11.8 Å². The zero-order valence-corrected chi connectivity index (χ0v) is 17.5. The fourth-order valence-electron chi connectivity index (χ4n) is 4.14. The van der Waals surface area contributed by atoms with E-state index >= 15 is 0 Å². The number of nitrogens with two attached hydrogens (primary N) is 1. The number of likely N-dealkylation sites (tertiary alicyclic amines) is 1. The van der Waals surface area contributed by atoms with Crippen LogP contribution in [0.1, 0.15) is 30.5 Å². The van der Waals surface area contributed by atoms with Gasteiger partial charge in [-0.1, -0.05) is 11.8 Å². The van der Waals surface area contributed by atoms with Gasteiger partial charge in [0.15, 0.2) is 0 Å². The van der Waals surface area contributed by atoms with Gasteiger partial charge in [-0.25, -0.2) is 0 Å². The first kappa shape index (κ1) is 20.6. The number of aromatic nitrogens is 3. The third-order valence-electron chi connectivity index (χ3n) is 5.72. The molecule has 0 bridgehead atoms. The molecule has 1 saturated heterocycles. The van der Waals surface area contributed by atoms with Crippen LogP contribution in [0.5, 0.6) is 0 Å². The first-order valence-electron chi connectivity index (χ1n) is 10.7. The second-order valence-electron chi connectivity index (χ2n) is 7.78. The summed E-state index contributed by atoms with van der Waals surface area (Å²) in [5.41, 5.74) is 9.01. The predicted octanol–water partition coefficient (Wildman–Crippen LogP) is 1.86. The second kappa shape index (κ2) is 9.43. The minimum Gasteiger partial charge on any atom is -0.384 e.